The first-order valence-corrected chi connectivity index (χ1v) is 6.18. The van der Waals surface area contributed by atoms with Crippen LogP contribution in [0.25, 0.3) is 10.9 Å². The van der Waals surface area contributed by atoms with Crippen molar-refractivity contribution < 1.29 is 9.53 Å². The monoisotopic (exact) mass is 259 g/mol. The summed E-state index contributed by atoms with van der Waals surface area (Å²) in [5, 5.41) is 3.72. The van der Waals surface area contributed by atoms with Crippen LogP contribution in [0.15, 0.2) is 36.5 Å². The zero-order valence-electron chi connectivity index (χ0n) is 10.8. The number of rotatable bonds is 5. The average Bonchev–Trinajstić information content (AvgIpc) is 2.43. The first-order chi connectivity index (χ1) is 9.16. The van der Waals surface area contributed by atoms with E-state index in [9.17, 15) is 4.79 Å². The zero-order chi connectivity index (χ0) is 13.7. The van der Waals surface area contributed by atoms with E-state index < -0.39 is 6.04 Å². The van der Waals surface area contributed by atoms with E-state index in [-0.39, 0.29) is 5.91 Å². The quantitative estimate of drug-likeness (QED) is 0.788. The van der Waals surface area contributed by atoms with Gasteiger partial charge >= 0.3 is 0 Å². The Morgan fingerprint density at radius 3 is 3.11 bits per heavy atom. The second-order valence-corrected chi connectivity index (χ2v) is 4.29. The molecule has 19 heavy (non-hydrogen) atoms. The lowest BCUT2D eigenvalue weighted by Crippen LogP contribution is -2.40. The summed E-state index contributed by atoms with van der Waals surface area (Å²) in [6.45, 7) is 2.49. The lowest BCUT2D eigenvalue weighted by Gasteiger charge is -2.09. The van der Waals surface area contributed by atoms with Crippen LogP contribution in [0.3, 0.4) is 0 Å². The molecule has 1 unspecified atom stereocenters. The molecule has 1 aromatic heterocycles. The summed E-state index contributed by atoms with van der Waals surface area (Å²) < 4.78 is 5.56. The van der Waals surface area contributed by atoms with Crippen LogP contribution >= 0.6 is 0 Å². The third-order valence-corrected chi connectivity index (χ3v) is 2.66. The third kappa shape index (κ3) is 3.66. The summed E-state index contributed by atoms with van der Waals surface area (Å²) in [4.78, 5) is 15.5. The van der Waals surface area contributed by atoms with E-state index >= 15 is 0 Å². The predicted octanol–water partition coefficient (Wildman–Crippen LogP) is 1.08. The molecule has 0 spiro atoms. The van der Waals surface area contributed by atoms with Crippen LogP contribution in [0.2, 0.25) is 0 Å². The second kappa shape index (κ2) is 6.15. The Bertz CT molecular complexity index is 569. The summed E-state index contributed by atoms with van der Waals surface area (Å²) in [7, 11) is 0. The molecule has 0 bridgehead atoms. The molecule has 100 valence electrons. The molecule has 3 N–H and O–H groups in total. The van der Waals surface area contributed by atoms with Crippen LogP contribution in [-0.4, -0.2) is 30.1 Å². The Labute approximate surface area is 111 Å². The molecule has 0 saturated heterocycles. The highest BCUT2D eigenvalue weighted by molar-refractivity contribution is 5.81. The van der Waals surface area contributed by atoms with E-state index in [1.807, 2.05) is 30.3 Å². The molecule has 0 fully saturated rings. The molecule has 1 amide bonds. The van der Waals surface area contributed by atoms with Crippen molar-refractivity contribution in [1.82, 2.24) is 10.3 Å². The predicted molar refractivity (Wildman–Crippen MR) is 73.9 cm³/mol. The standard InChI is InChI=1S/C14H17N3O2/c1-10(15)14(18)17-7-8-19-12-4-5-13-11(9-12)3-2-6-16-13/h2-6,9-10H,7-8,15H2,1H3,(H,17,18). The van der Waals surface area contributed by atoms with Crippen LogP contribution in [-0.2, 0) is 4.79 Å². The van der Waals surface area contributed by atoms with E-state index in [0.717, 1.165) is 16.7 Å². The van der Waals surface area contributed by atoms with E-state index in [4.69, 9.17) is 10.5 Å². The molecule has 0 saturated carbocycles. The smallest absolute Gasteiger partial charge is 0.236 e. The maximum atomic E-state index is 11.2. The highest BCUT2D eigenvalue weighted by atomic mass is 16.5. The van der Waals surface area contributed by atoms with Crippen LogP contribution in [0.1, 0.15) is 6.92 Å². The Balaban J connectivity index is 1.86. The van der Waals surface area contributed by atoms with Gasteiger partial charge in [-0.3, -0.25) is 9.78 Å². The summed E-state index contributed by atoms with van der Waals surface area (Å²) in [5.41, 5.74) is 6.36. The Morgan fingerprint density at radius 2 is 2.32 bits per heavy atom. The van der Waals surface area contributed by atoms with Crippen molar-refractivity contribution in [2.24, 2.45) is 5.73 Å². The van der Waals surface area contributed by atoms with E-state index in [0.29, 0.717) is 13.2 Å². The van der Waals surface area contributed by atoms with Crippen LogP contribution in [0.5, 0.6) is 5.75 Å². The molecule has 2 rings (SSSR count). The average molecular weight is 259 g/mol. The van der Waals surface area contributed by atoms with Crippen molar-refractivity contribution >= 4 is 16.8 Å². The summed E-state index contributed by atoms with van der Waals surface area (Å²) in [5.74, 6) is 0.585. The minimum atomic E-state index is -0.494. The number of nitrogens with two attached hydrogens (primary N) is 1. The molecule has 1 atom stereocenters. The number of amides is 1. The van der Waals surface area contributed by atoms with Crippen molar-refractivity contribution in [3.8, 4) is 5.75 Å². The summed E-state index contributed by atoms with van der Waals surface area (Å²) in [6.07, 6.45) is 1.76. The highest BCUT2D eigenvalue weighted by Crippen LogP contribution is 2.18. The molecule has 1 aromatic carbocycles. The number of hydrogen-bond acceptors (Lipinski definition) is 4. The topological polar surface area (TPSA) is 77.2 Å². The fraction of sp³-hybridized carbons (Fsp3) is 0.286. The van der Waals surface area contributed by atoms with Gasteiger partial charge in [0.15, 0.2) is 0 Å². The Kier molecular flexibility index (Phi) is 4.30. The van der Waals surface area contributed by atoms with Gasteiger partial charge in [-0.2, -0.15) is 0 Å². The van der Waals surface area contributed by atoms with E-state index in [1.54, 1.807) is 13.1 Å². The lowest BCUT2D eigenvalue weighted by molar-refractivity contribution is -0.122. The van der Waals surface area contributed by atoms with Gasteiger partial charge in [0, 0.05) is 11.6 Å². The molecule has 0 aliphatic carbocycles. The number of pyridine rings is 1. The van der Waals surface area contributed by atoms with Crippen molar-refractivity contribution in [3.63, 3.8) is 0 Å². The minimum absolute atomic E-state index is 0.175. The maximum absolute atomic E-state index is 11.2. The van der Waals surface area contributed by atoms with Crippen molar-refractivity contribution in [2.75, 3.05) is 13.2 Å². The summed E-state index contributed by atoms with van der Waals surface area (Å²) in [6, 6.07) is 9.07. The van der Waals surface area contributed by atoms with Crippen LogP contribution in [0.4, 0.5) is 0 Å². The second-order valence-electron chi connectivity index (χ2n) is 4.29. The molecule has 1 heterocycles. The van der Waals surface area contributed by atoms with Crippen molar-refractivity contribution in [3.05, 3.63) is 36.5 Å². The third-order valence-electron chi connectivity index (χ3n) is 2.66. The molecular formula is C14H17N3O2. The van der Waals surface area contributed by atoms with Gasteiger partial charge in [0.1, 0.15) is 12.4 Å². The van der Waals surface area contributed by atoms with Gasteiger partial charge in [0.05, 0.1) is 18.1 Å². The number of nitrogens with zero attached hydrogens (tertiary/aromatic N) is 1. The van der Waals surface area contributed by atoms with Gasteiger partial charge in [-0.1, -0.05) is 6.07 Å². The number of nitrogens with one attached hydrogen (secondary N) is 1. The number of fused-ring (bicyclic) bond motifs is 1. The number of carbonyl (C=O) groups excluding carboxylic acids is 1. The fourth-order valence-corrected chi connectivity index (χ4v) is 1.65. The first kappa shape index (κ1) is 13.3. The highest BCUT2D eigenvalue weighted by Gasteiger charge is 2.05. The number of ether oxygens (including phenoxy) is 1. The van der Waals surface area contributed by atoms with Gasteiger partial charge in [-0.15, -0.1) is 0 Å². The number of aromatic nitrogens is 1. The normalized spacial score (nSPS) is 12.1. The van der Waals surface area contributed by atoms with Gasteiger partial charge < -0.3 is 15.8 Å². The molecule has 2 aromatic rings. The van der Waals surface area contributed by atoms with Crippen molar-refractivity contribution in [2.45, 2.75) is 13.0 Å². The summed E-state index contributed by atoms with van der Waals surface area (Å²) >= 11 is 0. The minimum Gasteiger partial charge on any atom is -0.492 e. The van der Waals surface area contributed by atoms with E-state index in [1.165, 1.54) is 0 Å². The number of carbonyl (C=O) groups is 1. The van der Waals surface area contributed by atoms with Gasteiger partial charge in [0.2, 0.25) is 5.91 Å². The first-order valence-electron chi connectivity index (χ1n) is 6.18. The Hall–Kier alpha value is -2.14. The molecule has 5 nitrogen and oxygen atoms in total. The van der Waals surface area contributed by atoms with Crippen LogP contribution in [0, 0.1) is 0 Å². The molecule has 0 radical (unpaired) electrons. The fourth-order valence-electron chi connectivity index (χ4n) is 1.65. The SMILES string of the molecule is CC(N)C(=O)NCCOc1ccc2ncccc2c1. The largest absolute Gasteiger partial charge is 0.492 e. The zero-order valence-corrected chi connectivity index (χ0v) is 10.8. The van der Waals surface area contributed by atoms with Gasteiger partial charge in [-0.05, 0) is 31.2 Å². The van der Waals surface area contributed by atoms with Crippen molar-refractivity contribution in [1.29, 1.82) is 0 Å². The number of benzene rings is 1. The van der Waals surface area contributed by atoms with E-state index in [2.05, 4.69) is 10.3 Å². The van der Waals surface area contributed by atoms with Crippen LogP contribution < -0.4 is 15.8 Å². The number of hydrogen-bond donors (Lipinski definition) is 2. The molecular weight excluding hydrogens is 242 g/mol. The lowest BCUT2D eigenvalue weighted by atomic mass is 10.2. The van der Waals surface area contributed by atoms with Gasteiger partial charge in [0.25, 0.3) is 0 Å². The molecule has 5 heteroatoms. The maximum Gasteiger partial charge on any atom is 0.236 e. The van der Waals surface area contributed by atoms with Gasteiger partial charge in [-0.25, -0.2) is 0 Å². The molecule has 0 aliphatic heterocycles. The Morgan fingerprint density at radius 1 is 1.47 bits per heavy atom. The molecule has 0 aliphatic rings.